The fraction of sp³-hybridized carbons (Fsp3) is 0.647. The Bertz CT molecular complexity index is 402. The van der Waals surface area contributed by atoms with Gasteiger partial charge in [-0.1, -0.05) is 24.6 Å². The van der Waals surface area contributed by atoms with Crippen LogP contribution < -0.4 is 10.1 Å². The molecule has 1 aromatic carbocycles. The molecule has 1 aliphatic rings. The van der Waals surface area contributed by atoms with Gasteiger partial charge in [0, 0.05) is 0 Å². The molecule has 1 aliphatic carbocycles. The maximum absolute atomic E-state index is 5.49. The summed E-state index contributed by atoms with van der Waals surface area (Å²) in [6.07, 6.45) is 5.15. The van der Waals surface area contributed by atoms with Crippen molar-refractivity contribution in [3.63, 3.8) is 0 Å². The van der Waals surface area contributed by atoms with Crippen molar-refractivity contribution in [3.05, 3.63) is 29.3 Å². The van der Waals surface area contributed by atoms with E-state index in [1.54, 1.807) is 7.11 Å². The highest BCUT2D eigenvalue weighted by Crippen LogP contribution is 2.38. The Labute approximate surface area is 117 Å². The summed E-state index contributed by atoms with van der Waals surface area (Å²) in [5.74, 6) is 2.74. The average Bonchev–Trinajstić information content (AvgIpc) is 2.40. The predicted octanol–water partition coefficient (Wildman–Crippen LogP) is 3.57. The molecule has 0 spiro atoms. The monoisotopic (exact) mass is 261 g/mol. The summed E-state index contributed by atoms with van der Waals surface area (Å²) < 4.78 is 5.49. The van der Waals surface area contributed by atoms with Crippen LogP contribution in [0.25, 0.3) is 0 Å². The zero-order valence-corrected chi connectivity index (χ0v) is 12.5. The Morgan fingerprint density at radius 2 is 2.05 bits per heavy atom. The van der Waals surface area contributed by atoms with Crippen LogP contribution in [0, 0.1) is 18.8 Å². The summed E-state index contributed by atoms with van der Waals surface area (Å²) in [6, 6.07) is 6.52. The van der Waals surface area contributed by atoms with Crippen LogP contribution in [0.4, 0.5) is 0 Å². The molecule has 1 saturated carbocycles. The van der Waals surface area contributed by atoms with Gasteiger partial charge in [-0.25, -0.2) is 0 Å². The second-order valence-corrected chi connectivity index (χ2v) is 5.82. The molecule has 0 heterocycles. The molecule has 0 amide bonds. The highest BCUT2D eigenvalue weighted by atomic mass is 16.5. The predicted molar refractivity (Wildman–Crippen MR) is 80.8 cm³/mol. The van der Waals surface area contributed by atoms with Gasteiger partial charge in [-0.3, -0.25) is 0 Å². The molecule has 2 heteroatoms. The lowest BCUT2D eigenvalue weighted by atomic mass is 9.70. The fourth-order valence-corrected chi connectivity index (χ4v) is 2.99. The van der Waals surface area contributed by atoms with E-state index in [4.69, 9.17) is 4.74 Å². The Balaban J connectivity index is 1.92. The van der Waals surface area contributed by atoms with E-state index < -0.39 is 0 Å². The van der Waals surface area contributed by atoms with Crippen LogP contribution in [-0.2, 0) is 6.42 Å². The van der Waals surface area contributed by atoms with Crippen LogP contribution in [0.2, 0.25) is 0 Å². The number of hydrogen-bond donors (Lipinski definition) is 1. The summed E-state index contributed by atoms with van der Waals surface area (Å²) in [4.78, 5) is 0. The zero-order chi connectivity index (χ0) is 13.7. The van der Waals surface area contributed by atoms with Crippen LogP contribution in [-0.4, -0.2) is 20.2 Å². The van der Waals surface area contributed by atoms with E-state index in [1.807, 2.05) is 0 Å². The molecule has 19 heavy (non-hydrogen) atoms. The third-order valence-corrected chi connectivity index (χ3v) is 4.33. The summed E-state index contributed by atoms with van der Waals surface area (Å²) in [5, 5.41) is 3.56. The second-order valence-electron chi connectivity index (χ2n) is 5.82. The number of ether oxygens (including phenoxy) is 1. The van der Waals surface area contributed by atoms with Gasteiger partial charge in [-0.15, -0.1) is 0 Å². The molecule has 0 radical (unpaired) electrons. The SMILES string of the molecule is CCCNCC1CCC1Cc1cc(C)ccc1OC. The van der Waals surface area contributed by atoms with E-state index in [0.717, 1.165) is 24.1 Å². The maximum Gasteiger partial charge on any atom is 0.122 e. The standard InChI is InChI=1S/C17H27NO/c1-4-9-18-12-15-7-6-14(15)11-16-10-13(2)5-8-17(16)19-3/h5,8,10,14-15,18H,4,6-7,9,11-12H2,1-3H3. The first-order valence-corrected chi connectivity index (χ1v) is 7.58. The van der Waals surface area contributed by atoms with Crippen molar-refractivity contribution in [1.29, 1.82) is 0 Å². The van der Waals surface area contributed by atoms with E-state index >= 15 is 0 Å². The summed E-state index contributed by atoms with van der Waals surface area (Å²) in [5.41, 5.74) is 2.71. The smallest absolute Gasteiger partial charge is 0.122 e. The number of aryl methyl sites for hydroxylation is 1. The summed E-state index contributed by atoms with van der Waals surface area (Å²) in [7, 11) is 1.77. The number of benzene rings is 1. The van der Waals surface area contributed by atoms with Gasteiger partial charge in [-0.2, -0.15) is 0 Å². The van der Waals surface area contributed by atoms with Crippen molar-refractivity contribution < 1.29 is 4.74 Å². The number of rotatable bonds is 7. The van der Waals surface area contributed by atoms with Gasteiger partial charge in [0.2, 0.25) is 0 Å². The Hall–Kier alpha value is -1.02. The molecule has 1 aromatic rings. The van der Waals surface area contributed by atoms with Gasteiger partial charge < -0.3 is 10.1 Å². The molecule has 0 saturated heterocycles. The third-order valence-electron chi connectivity index (χ3n) is 4.33. The maximum atomic E-state index is 5.49. The summed E-state index contributed by atoms with van der Waals surface area (Å²) >= 11 is 0. The first-order valence-electron chi connectivity index (χ1n) is 7.58. The van der Waals surface area contributed by atoms with Gasteiger partial charge in [0.05, 0.1) is 7.11 Å². The lowest BCUT2D eigenvalue weighted by Gasteiger charge is -2.37. The molecule has 0 aromatic heterocycles. The quantitative estimate of drug-likeness (QED) is 0.758. The molecule has 2 rings (SSSR count). The molecular formula is C17H27NO. The molecular weight excluding hydrogens is 234 g/mol. The van der Waals surface area contributed by atoms with Gasteiger partial charge in [-0.05, 0) is 69.2 Å². The molecule has 1 fully saturated rings. The molecule has 2 atom stereocenters. The highest BCUT2D eigenvalue weighted by molar-refractivity contribution is 5.37. The first-order chi connectivity index (χ1) is 9.24. The highest BCUT2D eigenvalue weighted by Gasteiger charge is 2.30. The van der Waals surface area contributed by atoms with Crippen LogP contribution in [0.5, 0.6) is 5.75 Å². The van der Waals surface area contributed by atoms with Gasteiger partial charge in [0.15, 0.2) is 0 Å². The largest absolute Gasteiger partial charge is 0.496 e. The fourth-order valence-electron chi connectivity index (χ4n) is 2.99. The zero-order valence-electron chi connectivity index (χ0n) is 12.5. The minimum absolute atomic E-state index is 0.833. The lowest BCUT2D eigenvalue weighted by molar-refractivity contribution is 0.170. The molecule has 106 valence electrons. The van der Waals surface area contributed by atoms with Crippen LogP contribution in [0.3, 0.4) is 0 Å². The van der Waals surface area contributed by atoms with Crippen molar-refractivity contribution in [1.82, 2.24) is 5.32 Å². The van der Waals surface area contributed by atoms with Crippen molar-refractivity contribution in [3.8, 4) is 5.75 Å². The molecule has 1 N–H and O–H groups in total. The van der Waals surface area contributed by atoms with Gasteiger partial charge in [0.25, 0.3) is 0 Å². The summed E-state index contributed by atoms with van der Waals surface area (Å²) in [6.45, 7) is 6.72. The van der Waals surface area contributed by atoms with Gasteiger partial charge in [0.1, 0.15) is 5.75 Å². The Kier molecular flexibility index (Phi) is 5.26. The van der Waals surface area contributed by atoms with Crippen molar-refractivity contribution in [2.24, 2.45) is 11.8 Å². The molecule has 0 bridgehead atoms. The number of nitrogens with one attached hydrogen (secondary N) is 1. The van der Waals surface area contributed by atoms with Crippen molar-refractivity contribution in [2.45, 2.75) is 39.5 Å². The van der Waals surface area contributed by atoms with E-state index in [0.29, 0.717) is 0 Å². The molecule has 0 aliphatic heterocycles. The van der Waals surface area contributed by atoms with Crippen molar-refractivity contribution in [2.75, 3.05) is 20.2 Å². The molecule has 2 unspecified atom stereocenters. The molecule has 2 nitrogen and oxygen atoms in total. The van der Waals surface area contributed by atoms with Gasteiger partial charge >= 0.3 is 0 Å². The van der Waals surface area contributed by atoms with Crippen LogP contribution in [0.1, 0.15) is 37.3 Å². The minimum Gasteiger partial charge on any atom is -0.496 e. The van der Waals surface area contributed by atoms with Crippen LogP contribution in [0.15, 0.2) is 18.2 Å². The normalized spacial score (nSPS) is 22.1. The number of methoxy groups -OCH3 is 1. The second kappa shape index (κ2) is 6.95. The van der Waals surface area contributed by atoms with E-state index in [2.05, 4.69) is 37.4 Å². The van der Waals surface area contributed by atoms with E-state index in [1.165, 1.54) is 43.4 Å². The van der Waals surface area contributed by atoms with Crippen LogP contribution >= 0.6 is 0 Å². The van der Waals surface area contributed by atoms with Crippen molar-refractivity contribution >= 4 is 0 Å². The Morgan fingerprint density at radius 3 is 2.68 bits per heavy atom. The van der Waals surface area contributed by atoms with E-state index in [9.17, 15) is 0 Å². The lowest BCUT2D eigenvalue weighted by Crippen LogP contribution is -2.36. The first kappa shape index (κ1) is 14.4. The number of hydrogen-bond acceptors (Lipinski definition) is 2. The Morgan fingerprint density at radius 1 is 1.26 bits per heavy atom. The third kappa shape index (κ3) is 3.73. The average molecular weight is 261 g/mol. The van der Waals surface area contributed by atoms with E-state index in [-0.39, 0.29) is 0 Å². The topological polar surface area (TPSA) is 21.3 Å². The minimum atomic E-state index is 0.833.